The third-order valence-electron chi connectivity index (χ3n) is 6.57. The minimum absolute atomic E-state index is 0.131. The Labute approximate surface area is 209 Å². The van der Waals surface area contributed by atoms with Crippen LogP contribution in [0.1, 0.15) is 31.2 Å². The summed E-state index contributed by atoms with van der Waals surface area (Å²) in [4.78, 5) is 28.8. The molecule has 11 heteroatoms. The second-order valence-electron chi connectivity index (χ2n) is 9.17. The standard InChI is InChI=1S/C26H23F4N5O2/c27-20-10-16(4-6-19(20)24-33-21-7-5-18(26(28,29)30)11-22(21)34-24)17-12-31-25(32-13-17)35-9-1-2-15(14-35)3-8-23(36)37/h4-7,10-13,15H,1-3,8-9,14H2,(H,33,34)(H,36,37). The second kappa shape index (κ2) is 9.79. The van der Waals surface area contributed by atoms with Crippen molar-refractivity contribution in [3.63, 3.8) is 0 Å². The maximum Gasteiger partial charge on any atom is 0.416 e. The van der Waals surface area contributed by atoms with E-state index in [9.17, 15) is 18.0 Å². The van der Waals surface area contributed by atoms with Crippen molar-refractivity contribution in [2.24, 2.45) is 5.92 Å². The maximum absolute atomic E-state index is 15.0. The molecular formula is C26H23F4N5O2. The number of aliphatic carboxylic acids is 1. The number of aromatic nitrogens is 4. The van der Waals surface area contributed by atoms with Gasteiger partial charge in [0.05, 0.1) is 22.2 Å². The molecule has 1 unspecified atom stereocenters. The number of fused-ring (bicyclic) bond motifs is 1. The van der Waals surface area contributed by atoms with Gasteiger partial charge in [0.1, 0.15) is 11.6 Å². The van der Waals surface area contributed by atoms with Gasteiger partial charge in [0.15, 0.2) is 0 Å². The third-order valence-corrected chi connectivity index (χ3v) is 6.57. The quantitative estimate of drug-likeness (QED) is 0.311. The van der Waals surface area contributed by atoms with Crippen LogP contribution < -0.4 is 4.90 Å². The highest BCUT2D eigenvalue weighted by atomic mass is 19.4. The Morgan fingerprint density at radius 3 is 2.59 bits per heavy atom. The van der Waals surface area contributed by atoms with Crippen LogP contribution in [0.3, 0.4) is 0 Å². The lowest BCUT2D eigenvalue weighted by Crippen LogP contribution is -2.36. The van der Waals surface area contributed by atoms with Gasteiger partial charge in [0.2, 0.25) is 5.95 Å². The number of carbonyl (C=O) groups is 1. The van der Waals surface area contributed by atoms with Crippen LogP contribution in [-0.2, 0) is 11.0 Å². The van der Waals surface area contributed by atoms with Gasteiger partial charge in [-0.3, -0.25) is 4.79 Å². The number of nitrogens with zero attached hydrogens (tertiary/aromatic N) is 4. The number of aromatic amines is 1. The van der Waals surface area contributed by atoms with Crippen molar-refractivity contribution in [3.8, 4) is 22.5 Å². The number of rotatable bonds is 6. The number of hydrogen-bond acceptors (Lipinski definition) is 5. The number of alkyl halides is 3. The average Bonchev–Trinajstić information content (AvgIpc) is 3.30. The number of H-pyrrole nitrogens is 1. The summed E-state index contributed by atoms with van der Waals surface area (Å²) < 4.78 is 54.0. The van der Waals surface area contributed by atoms with Crippen LogP contribution >= 0.6 is 0 Å². The van der Waals surface area contributed by atoms with Gasteiger partial charge in [-0.15, -0.1) is 0 Å². The van der Waals surface area contributed by atoms with Gasteiger partial charge in [-0.25, -0.2) is 19.3 Å². The van der Waals surface area contributed by atoms with Crippen LogP contribution in [-0.4, -0.2) is 44.1 Å². The number of carboxylic acids is 1. The third kappa shape index (κ3) is 5.40. The number of hydrogen-bond donors (Lipinski definition) is 2. The normalized spacial score (nSPS) is 16.3. The number of carboxylic acid groups (broad SMARTS) is 1. The summed E-state index contributed by atoms with van der Waals surface area (Å²) in [6.07, 6.45) is 1.39. The van der Waals surface area contributed by atoms with Gasteiger partial charge in [-0.1, -0.05) is 6.07 Å². The molecule has 2 N–H and O–H groups in total. The van der Waals surface area contributed by atoms with Crippen LogP contribution in [0.4, 0.5) is 23.5 Å². The molecule has 192 valence electrons. The maximum atomic E-state index is 15.0. The van der Waals surface area contributed by atoms with Crippen LogP contribution in [0.25, 0.3) is 33.5 Å². The molecule has 5 rings (SSSR count). The predicted octanol–water partition coefficient (Wildman–Crippen LogP) is 5.93. The Morgan fingerprint density at radius 2 is 1.89 bits per heavy atom. The number of nitrogens with one attached hydrogen (secondary N) is 1. The van der Waals surface area contributed by atoms with E-state index in [4.69, 9.17) is 5.11 Å². The predicted molar refractivity (Wildman–Crippen MR) is 129 cm³/mol. The van der Waals surface area contributed by atoms with Crippen molar-refractivity contribution >= 4 is 23.0 Å². The molecule has 0 aliphatic carbocycles. The minimum Gasteiger partial charge on any atom is -0.481 e. The van der Waals surface area contributed by atoms with Crippen LogP contribution in [0.5, 0.6) is 0 Å². The van der Waals surface area contributed by atoms with Gasteiger partial charge in [0, 0.05) is 37.5 Å². The Kier molecular flexibility index (Phi) is 6.53. The van der Waals surface area contributed by atoms with Crippen LogP contribution in [0.15, 0.2) is 48.8 Å². The highest BCUT2D eigenvalue weighted by Crippen LogP contribution is 2.33. The molecule has 37 heavy (non-hydrogen) atoms. The summed E-state index contributed by atoms with van der Waals surface area (Å²) in [5.74, 6) is -0.442. The molecule has 0 radical (unpaired) electrons. The largest absolute Gasteiger partial charge is 0.481 e. The second-order valence-corrected chi connectivity index (χ2v) is 9.17. The molecule has 0 saturated carbocycles. The molecule has 2 aromatic carbocycles. The monoisotopic (exact) mass is 513 g/mol. The first-order valence-electron chi connectivity index (χ1n) is 11.8. The molecule has 0 spiro atoms. The Bertz CT molecular complexity index is 1440. The summed E-state index contributed by atoms with van der Waals surface area (Å²) in [5, 5.41) is 8.93. The lowest BCUT2D eigenvalue weighted by Gasteiger charge is -2.32. The Hall–Kier alpha value is -4.02. The van der Waals surface area contributed by atoms with Crippen molar-refractivity contribution in [1.29, 1.82) is 0 Å². The number of piperidine rings is 1. The molecule has 3 heterocycles. The Balaban J connectivity index is 1.33. The number of imidazole rings is 1. The van der Waals surface area contributed by atoms with Gasteiger partial charge < -0.3 is 15.0 Å². The van der Waals surface area contributed by atoms with Crippen molar-refractivity contribution in [3.05, 3.63) is 60.2 Å². The summed E-state index contributed by atoms with van der Waals surface area (Å²) in [6, 6.07) is 7.64. The number of anilines is 1. The lowest BCUT2D eigenvalue weighted by atomic mass is 9.93. The van der Waals surface area contributed by atoms with E-state index in [2.05, 4.69) is 19.9 Å². The molecule has 1 fully saturated rings. The first kappa shape index (κ1) is 24.7. The van der Waals surface area contributed by atoms with E-state index < -0.39 is 23.5 Å². The highest BCUT2D eigenvalue weighted by Gasteiger charge is 2.31. The minimum atomic E-state index is -4.49. The highest BCUT2D eigenvalue weighted by molar-refractivity contribution is 5.80. The lowest BCUT2D eigenvalue weighted by molar-refractivity contribution is -0.138. The summed E-state index contributed by atoms with van der Waals surface area (Å²) in [7, 11) is 0. The zero-order valence-electron chi connectivity index (χ0n) is 19.6. The average molecular weight is 513 g/mol. The zero-order valence-corrected chi connectivity index (χ0v) is 19.6. The first-order valence-corrected chi connectivity index (χ1v) is 11.8. The first-order chi connectivity index (χ1) is 17.7. The molecular weight excluding hydrogens is 490 g/mol. The number of benzene rings is 2. The summed E-state index contributed by atoms with van der Waals surface area (Å²) in [5.41, 5.74) is 0.939. The van der Waals surface area contributed by atoms with E-state index in [1.807, 2.05) is 4.90 Å². The smallest absolute Gasteiger partial charge is 0.416 e. The molecule has 0 amide bonds. The van der Waals surface area contributed by atoms with Crippen molar-refractivity contribution in [2.45, 2.75) is 31.9 Å². The molecule has 1 saturated heterocycles. The van der Waals surface area contributed by atoms with Gasteiger partial charge >= 0.3 is 12.1 Å². The van der Waals surface area contributed by atoms with E-state index in [1.165, 1.54) is 18.2 Å². The molecule has 7 nitrogen and oxygen atoms in total. The molecule has 1 aliphatic rings. The molecule has 1 aliphatic heterocycles. The van der Waals surface area contributed by atoms with Crippen LogP contribution in [0.2, 0.25) is 0 Å². The fraction of sp³-hybridized carbons (Fsp3) is 0.308. The van der Waals surface area contributed by atoms with E-state index in [0.29, 0.717) is 35.6 Å². The van der Waals surface area contributed by atoms with Gasteiger partial charge in [-0.2, -0.15) is 13.2 Å². The summed E-state index contributed by atoms with van der Waals surface area (Å²) >= 11 is 0. The molecule has 2 aromatic heterocycles. The fourth-order valence-electron chi connectivity index (χ4n) is 4.64. The number of halogens is 4. The fourth-order valence-corrected chi connectivity index (χ4v) is 4.64. The van der Waals surface area contributed by atoms with Gasteiger partial charge in [0.25, 0.3) is 0 Å². The van der Waals surface area contributed by atoms with E-state index in [1.54, 1.807) is 18.5 Å². The SMILES string of the molecule is O=C(O)CCC1CCCN(c2ncc(-c3ccc(-c4nc5ccc(C(F)(F)F)cc5[nH]4)c(F)c3)cn2)C1. The zero-order chi connectivity index (χ0) is 26.2. The molecule has 1 atom stereocenters. The van der Waals surface area contributed by atoms with E-state index in [-0.39, 0.29) is 29.2 Å². The van der Waals surface area contributed by atoms with E-state index in [0.717, 1.165) is 31.5 Å². The molecule has 0 bridgehead atoms. The Morgan fingerprint density at radius 1 is 1.11 bits per heavy atom. The van der Waals surface area contributed by atoms with Crippen molar-refractivity contribution < 1.29 is 27.5 Å². The van der Waals surface area contributed by atoms with Crippen molar-refractivity contribution in [2.75, 3.05) is 18.0 Å². The molecule has 4 aromatic rings. The van der Waals surface area contributed by atoms with E-state index >= 15 is 4.39 Å². The summed E-state index contributed by atoms with van der Waals surface area (Å²) in [6.45, 7) is 1.48. The van der Waals surface area contributed by atoms with Crippen LogP contribution in [0, 0.1) is 11.7 Å². The van der Waals surface area contributed by atoms with Crippen molar-refractivity contribution in [1.82, 2.24) is 19.9 Å². The topological polar surface area (TPSA) is 95.0 Å². The van der Waals surface area contributed by atoms with Gasteiger partial charge in [-0.05, 0) is 61.1 Å².